The standard InChI is InChI=1S/C5H10O4/c1-2-8-4-3-5(6)9-7/h7H,2-4H2,1H3. The Morgan fingerprint density at radius 3 is 2.78 bits per heavy atom. The second-order valence-electron chi connectivity index (χ2n) is 1.41. The molecule has 4 heteroatoms. The molecule has 0 aliphatic heterocycles. The third-order valence-electron chi connectivity index (χ3n) is 0.756. The second kappa shape index (κ2) is 5.53. The van der Waals surface area contributed by atoms with Gasteiger partial charge in [-0.05, 0) is 6.92 Å². The number of carbonyl (C=O) groups is 1. The molecule has 0 atom stereocenters. The second-order valence-corrected chi connectivity index (χ2v) is 1.41. The molecule has 0 aromatic rings. The molecule has 0 saturated carbocycles. The van der Waals surface area contributed by atoms with Gasteiger partial charge in [0.2, 0.25) is 0 Å². The fourth-order valence-corrected chi connectivity index (χ4v) is 0.345. The molecule has 0 bridgehead atoms. The summed E-state index contributed by atoms with van der Waals surface area (Å²) in [4.78, 5) is 13.5. The Labute approximate surface area is 53.3 Å². The van der Waals surface area contributed by atoms with E-state index in [1.807, 2.05) is 6.92 Å². The van der Waals surface area contributed by atoms with Crippen LogP contribution in [0.25, 0.3) is 0 Å². The molecule has 0 saturated heterocycles. The van der Waals surface area contributed by atoms with Gasteiger partial charge < -0.3 is 9.62 Å². The lowest BCUT2D eigenvalue weighted by atomic mass is 10.5. The summed E-state index contributed by atoms with van der Waals surface area (Å²) in [5.74, 6) is -0.663. The summed E-state index contributed by atoms with van der Waals surface area (Å²) in [7, 11) is 0. The first-order valence-electron chi connectivity index (χ1n) is 2.73. The number of hydrogen-bond donors (Lipinski definition) is 1. The van der Waals surface area contributed by atoms with Crippen molar-refractivity contribution in [3.8, 4) is 0 Å². The van der Waals surface area contributed by atoms with Crippen molar-refractivity contribution in [2.75, 3.05) is 13.2 Å². The van der Waals surface area contributed by atoms with E-state index in [0.717, 1.165) is 0 Å². The maximum Gasteiger partial charge on any atom is 0.344 e. The Hall–Kier alpha value is -0.610. The van der Waals surface area contributed by atoms with Crippen LogP contribution in [0.1, 0.15) is 13.3 Å². The smallest absolute Gasteiger partial charge is 0.344 e. The van der Waals surface area contributed by atoms with E-state index in [-0.39, 0.29) is 6.42 Å². The molecule has 9 heavy (non-hydrogen) atoms. The number of carbonyl (C=O) groups excluding carboxylic acids is 1. The lowest BCUT2D eigenvalue weighted by Crippen LogP contribution is -2.05. The number of ether oxygens (including phenoxy) is 1. The fraction of sp³-hybridized carbons (Fsp3) is 0.800. The van der Waals surface area contributed by atoms with E-state index in [9.17, 15) is 4.79 Å². The molecular weight excluding hydrogens is 124 g/mol. The van der Waals surface area contributed by atoms with Crippen molar-refractivity contribution in [3.63, 3.8) is 0 Å². The van der Waals surface area contributed by atoms with E-state index in [2.05, 4.69) is 4.89 Å². The Balaban J connectivity index is 2.97. The van der Waals surface area contributed by atoms with Crippen molar-refractivity contribution in [1.29, 1.82) is 0 Å². The van der Waals surface area contributed by atoms with E-state index in [4.69, 9.17) is 9.99 Å². The minimum atomic E-state index is -0.663. The van der Waals surface area contributed by atoms with E-state index < -0.39 is 5.97 Å². The Morgan fingerprint density at radius 1 is 1.67 bits per heavy atom. The molecule has 0 radical (unpaired) electrons. The van der Waals surface area contributed by atoms with Crippen LogP contribution in [-0.2, 0) is 14.4 Å². The SMILES string of the molecule is CCOCCC(=O)OO. The highest BCUT2D eigenvalue weighted by molar-refractivity contribution is 5.68. The summed E-state index contributed by atoms with van der Waals surface area (Å²) < 4.78 is 4.79. The lowest BCUT2D eigenvalue weighted by molar-refractivity contribution is -0.235. The Morgan fingerprint density at radius 2 is 2.33 bits per heavy atom. The van der Waals surface area contributed by atoms with Crippen LogP contribution in [0.15, 0.2) is 0 Å². The zero-order valence-electron chi connectivity index (χ0n) is 5.29. The molecule has 1 N–H and O–H groups in total. The monoisotopic (exact) mass is 134 g/mol. The van der Waals surface area contributed by atoms with Crippen LogP contribution in [0.4, 0.5) is 0 Å². The van der Waals surface area contributed by atoms with Gasteiger partial charge in [-0.25, -0.2) is 4.79 Å². The van der Waals surface area contributed by atoms with Gasteiger partial charge in [0, 0.05) is 6.61 Å². The molecule has 0 unspecified atom stereocenters. The molecule has 4 nitrogen and oxygen atoms in total. The van der Waals surface area contributed by atoms with Gasteiger partial charge in [0.05, 0.1) is 13.0 Å². The van der Waals surface area contributed by atoms with Gasteiger partial charge in [0.15, 0.2) is 0 Å². The van der Waals surface area contributed by atoms with Crippen molar-refractivity contribution in [1.82, 2.24) is 0 Å². The summed E-state index contributed by atoms with van der Waals surface area (Å²) in [6.45, 7) is 2.69. The first-order chi connectivity index (χ1) is 4.31. The average Bonchev–Trinajstić information content (AvgIpc) is 1.89. The highest BCUT2D eigenvalue weighted by Crippen LogP contribution is 1.84. The summed E-state index contributed by atoms with van der Waals surface area (Å²) >= 11 is 0. The van der Waals surface area contributed by atoms with Crippen LogP contribution in [0, 0.1) is 0 Å². The number of hydrogen-bond acceptors (Lipinski definition) is 4. The zero-order chi connectivity index (χ0) is 7.11. The molecule has 0 fully saturated rings. The van der Waals surface area contributed by atoms with Gasteiger partial charge in [0.1, 0.15) is 0 Å². The largest absolute Gasteiger partial charge is 0.381 e. The van der Waals surface area contributed by atoms with E-state index in [0.29, 0.717) is 13.2 Å². The predicted molar refractivity (Wildman–Crippen MR) is 29.8 cm³/mol. The maximum atomic E-state index is 10.1. The zero-order valence-corrected chi connectivity index (χ0v) is 5.29. The first-order valence-corrected chi connectivity index (χ1v) is 2.73. The molecular formula is C5H10O4. The van der Waals surface area contributed by atoms with Gasteiger partial charge in [-0.15, -0.1) is 0 Å². The topological polar surface area (TPSA) is 55.8 Å². The maximum absolute atomic E-state index is 10.1. The van der Waals surface area contributed by atoms with E-state index in [1.54, 1.807) is 0 Å². The Kier molecular flexibility index (Phi) is 5.15. The minimum absolute atomic E-state index is 0.102. The van der Waals surface area contributed by atoms with Crippen LogP contribution in [-0.4, -0.2) is 24.4 Å². The van der Waals surface area contributed by atoms with Crippen molar-refractivity contribution < 1.29 is 19.7 Å². The van der Waals surface area contributed by atoms with Crippen molar-refractivity contribution in [3.05, 3.63) is 0 Å². The van der Waals surface area contributed by atoms with Gasteiger partial charge in [-0.3, -0.25) is 0 Å². The van der Waals surface area contributed by atoms with Crippen LogP contribution in [0.5, 0.6) is 0 Å². The lowest BCUT2D eigenvalue weighted by Gasteiger charge is -1.96. The summed E-state index contributed by atoms with van der Waals surface area (Å²) in [5, 5.41) is 7.73. The molecule has 0 aromatic carbocycles. The average molecular weight is 134 g/mol. The van der Waals surface area contributed by atoms with Crippen molar-refractivity contribution in [2.45, 2.75) is 13.3 Å². The first kappa shape index (κ1) is 8.39. The molecule has 0 rings (SSSR count). The van der Waals surface area contributed by atoms with Gasteiger partial charge in [-0.1, -0.05) is 0 Å². The molecule has 54 valence electrons. The van der Waals surface area contributed by atoms with Crippen LogP contribution in [0.3, 0.4) is 0 Å². The van der Waals surface area contributed by atoms with Crippen LogP contribution in [0.2, 0.25) is 0 Å². The molecule has 0 aromatic heterocycles. The third kappa shape index (κ3) is 5.26. The van der Waals surface area contributed by atoms with Gasteiger partial charge in [0.25, 0.3) is 0 Å². The molecule has 0 spiro atoms. The number of rotatable bonds is 4. The summed E-state index contributed by atoms with van der Waals surface area (Å²) in [6.07, 6.45) is 0.102. The normalized spacial score (nSPS) is 9.11. The van der Waals surface area contributed by atoms with Crippen molar-refractivity contribution >= 4 is 5.97 Å². The Bertz CT molecular complexity index is 81.0. The molecule has 0 heterocycles. The van der Waals surface area contributed by atoms with Crippen LogP contribution >= 0.6 is 0 Å². The molecule has 0 amide bonds. The van der Waals surface area contributed by atoms with E-state index >= 15 is 0 Å². The van der Waals surface area contributed by atoms with Crippen LogP contribution < -0.4 is 0 Å². The van der Waals surface area contributed by atoms with Gasteiger partial charge in [-0.2, -0.15) is 5.26 Å². The fourth-order valence-electron chi connectivity index (χ4n) is 0.345. The molecule has 0 aliphatic rings. The highest BCUT2D eigenvalue weighted by Gasteiger charge is 1.99. The summed E-state index contributed by atoms with van der Waals surface area (Å²) in [5.41, 5.74) is 0. The summed E-state index contributed by atoms with van der Waals surface area (Å²) in [6, 6.07) is 0. The van der Waals surface area contributed by atoms with E-state index in [1.165, 1.54) is 0 Å². The van der Waals surface area contributed by atoms with Crippen molar-refractivity contribution in [2.24, 2.45) is 0 Å². The minimum Gasteiger partial charge on any atom is -0.381 e. The van der Waals surface area contributed by atoms with Gasteiger partial charge >= 0.3 is 5.97 Å². The third-order valence-corrected chi connectivity index (χ3v) is 0.756. The predicted octanol–water partition coefficient (Wildman–Crippen LogP) is 0.429. The quantitative estimate of drug-likeness (QED) is 0.344. The molecule has 0 aliphatic carbocycles. The highest BCUT2D eigenvalue weighted by atomic mass is 17.1.